The van der Waals surface area contributed by atoms with Gasteiger partial charge >= 0.3 is 0 Å². The summed E-state index contributed by atoms with van der Waals surface area (Å²) < 4.78 is 13.7. The minimum Gasteiger partial charge on any atom is -0.341 e. The molecule has 0 aliphatic rings. The van der Waals surface area contributed by atoms with Crippen LogP contribution in [0.5, 0.6) is 0 Å². The number of carbonyl (C=O) groups is 1. The molecule has 0 unspecified atom stereocenters. The van der Waals surface area contributed by atoms with Crippen molar-refractivity contribution in [3.05, 3.63) is 71.5 Å². The second-order valence-corrected chi connectivity index (χ2v) is 5.17. The highest BCUT2D eigenvalue weighted by Gasteiger charge is 2.15. The van der Waals surface area contributed by atoms with E-state index in [4.69, 9.17) is 5.73 Å². The van der Waals surface area contributed by atoms with Gasteiger partial charge in [0.1, 0.15) is 5.82 Å². The molecule has 2 aromatic carbocycles. The molecule has 0 spiro atoms. The lowest BCUT2D eigenvalue weighted by molar-refractivity contribution is -0.130. The monoisotopic (exact) mass is 300 g/mol. The van der Waals surface area contributed by atoms with Gasteiger partial charge in [-0.1, -0.05) is 48.5 Å². The lowest BCUT2D eigenvalue weighted by atomic mass is 10.1. The van der Waals surface area contributed by atoms with Gasteiger partial charge in [-0.05, 0) is 23.6 Å². The molecule has 2 aromatic rings. The number of benzene rings is 2. The van der Waals surface area contributed by atoms with Gasteiger partial charge in [0.05, 0.1) is 6.42 Å². The van der Waals surface area contributed by atoms with Crippen LogP contribution in [0, 0.1) is 5.82 Å². The smallest absolute Gasteiger partial charge is 0.227 e. The summed E-state index contributed by atoms with van der Waals surface area (Å²) in [6.45, 7) is 1.48. The van der Waals surface area contributed by atoms with Crippen molar-refractivity contribution in [2.45, 2.75) is 12.8 Å². The summed E-state index contributed by atoms with van der Waals surface area (Å²) in [4.78, 5) is 14.1. The van der Waals surface area contributed by atoms with Crippen LogP contribution < -0.4 is 5.73 Å². The number of hydrogen-bond donors (Lipinski definition) is 1. The van der Waals surface area contributed by atoms with Crippen LogP contribution >= 0.6 is 0 Å². The number of amides is 1. The first-order valence-corrected chi connectivity index (χ1v) is 7.46. The van der Waals surface area contributed by atoms with Crippen molar-refractivity contribution in [2.75, 3.05) is 19.6 Å². The Bertz CT molecular complexity index is 601. The summed E-state index contributed by atoms with van der Waals surface area (Å²) in [5.74, 6) is -0.432. The van der Waals surface area contributed by atoms with E-state index in [-0.39, 0.29) is 18.1 Å². The van der Waals surface area contributed by atoms with E-state index in [1.165, 1.54) is 11.6 Å². The average molecular weight is 300 g/mol. The Morgan fingerprint density at radius 2 is 1.68 bits per heavy atom. The summed E-state index contributed by atoms with van der Waals surface area (Å²) in [6, 6.07) is 16.4. The highest BCUT2D eigenvalue weighted by molar-refractivity contribution is 5.78. The van der Waals surface area contributed by atoms with Crippen LogP contribution in [0.1, 0.15) is 11.1 Å². The molecule has 0 aromatic heterocycles. The molecule has 3 nitrogen and oxygen atoms in total. The van der Waals surface area contributed by atoms with Crippen molar-refractivity contribution in [2.24, 2.45) is 5.73 Å². The quantitative estimate of drug-likeness (QED) is 0.853. The van der Waals surface area contributed by atoms with Gasteiger partial charge in [-0.2, -0.15) is 0 Å². The van der Waals surface area contributed by atoms with Gasteiger partial charge in [0.25, 0.3) is 0 Å². The highest BCUT2D eigenvalue weighted by atomic mass is 19.1. The van der Waals surface area contributed by atoms with Gasteiger partial charge < -0.3 is 10.6 Å². The minimum absolute atomic E-state index is 0.0709. The second-order valence-electron chi connectivity index (χ2n) is 5.17. The second kappa shape index (κ2) is 8.29. The molecule has 4 heteroatoms. The Kier molecular flexibility index (Phi) is 6.10. The number of nitrogens with zero attached hydrogens (tertiary/aromatic N) is 1. The fraction of sp³-hybridized carbons (Fsp3) is 0.278. The number of carbonyl (C=O) groups excluding carboxylic acids is 1. The molecule has 116 valence electrons. The summed E-state index contributed by atoms with van der Waals surface area (Å²) >= 11 is 0. The van der Waals surface area contributed by atoms with Crippen LogP contribution in [-0.4, -0.2) is 30.4 Å². The van der Waals surface area contributed by atoms with E-state index in [0.717, 1.165) is 6.42 Å². The molecule has 0 bridgehead atoms. The number of hydrogen-bond acceptors (Lipinski definition) is 2. The van der Waals surface area contributed by atoms with Crippen LogP contribution in [0.4, 0.5) is 4.39 Å². The molecule has 0 saturated heterocycles. The van der Waals surface area contributed by atoms with Crippen LogP contribution in [-0.2, 0) is 17.6 Å². The normalized spacial score (nSPS) is 10.5. The molecule has 0 atom stereocenters. The number of halogens is 1. The van der Waals surface area contributed by atoms with Crippen molar-refractivity contribution in [1.82, 2.24) is 4.90 Å². The molecule has 0 heterocycles. The van der Waals surface area contributed by atoms with Gasteiger partial charge in [-0.15, -0.1) is 0 Å². The van der Waals surface area contributed by atoms with E-state index in [1.807, 2.05) is 30.3 Å². The summed E-state index contributed by atoms with van der Waals surface area (Å²) in [5, 5.41) is 0. The third-order valence-electron chi connectivity index (χ3n) is 3.56. The maximum atomic E-state index is 13.7. The minimum atomic E-state index is -0.341. The molecule has 2 rings (SSSR count). The van der Waals surface area contributed by atoms with Crippen LogP contribution in [0.3, 0.4) is 0 Å². The maximum Gasteiger partial charge on any atom is 0.227 e. The van der Waals surface area contributed by atoms with Gasteiger partial charge in [-0.3, -0.25) is 4.79 Å². The Hall–Kier alpha value is -2.20. The molecular formula is C18H21FN2O. The topological polar surface area (TPSA) is 46.3 Å². The first kappa shape index (κ1) is 16.2. The Morgan fingerprint density at radius 1 is 1.00 bits per heavy atom. The highest BCUT2D eigenvalue weighted by Crippen LogP contribution is 2.09. The van der Waals surface area contributed by atoms with E-state index < -0.39 is 0 Å². The molecule has 0 aliphatic heterocycles. The molecule has 0 aliphatic carbocycles. The zero-order valence-corrected chi connectivity index (χ0v) is 12.5. The predicted molar refractivity (Wildman–Crippen MR) is 85.9 cm³/mol. The predicted octanol–water partition coefficient (Wildman–Crippen LogP) is 2.40. The van der Waals surface area contributed by atoms with Gasteiger partial charge in [0.2, 0.25) is 5.91 Å². The van der Waals surface area contributed by atoms with E-state index >= 15 is 0 Å². The van der Waals surface area contributed by atoms with E-state index in [9.17, 15) is 9.18 Å². The lowest BCUT2D eigenvalue weighted by Crippen LogP contribution is -2.38. The Labute approximate surface area is 130 Å². The largest absolute Gasteiger partial charge is 0.341 e. The summed E-state index contributed by atoms with van der Waals surface area (Å²) in [7, 11) is 0. The molecule has 2 N–H and O–H groups in total. The van der Waals surface area contributed by atoms with Crippen LogP contribution in [0.15, 0.2) is 54.6 Å². The van der Waals surface area contributed by atoms with Crippen LogP contribution in [0.25, 0.3) is 0 Å². The summed E-state index contributed by atoms with van der Waals surface area (Å²) in [6.07, 6.45) is 0.839. The zero-order valence-electron chi connectivity index (χ0n) is 12.5. The van der Waals surface area contributed by atoms with Gasteiger partial charge in [-0.25, -0.2) is 4.39 Å². The lowest BCUT2D eigenvalue weighted by Gasteiger charge is -2.22. The Morgan fingerprint density at radius 3 is 2.36 bits per heavy atom. The molecule has 0 saturated carbocycles. The third-order valence-corrected chi connectivity index (χ3v) is 3.56. The van der Waals surface area contributed by atoms with Crippen molar-refractivity contribution in [3.8, 4) is 0 Å². The SMILES string of the molecule is NCCN(CCc1ccccc1)C(=O)Cc1ccccc1F. The average Bonchev–Trinajstić information content (AvgIpc) is 2.54. The van der Waals surface area contributed by atoms with Crippen molar-refractivity contribution < 1.29 is 9.18 Å². The van der Waals surface area contributed by atoms with E-state index in [1.54, 1.807) is 23.1 Å². The standard InChI is InChI=1S/C18H21FN2O/c19-17-9-5-4-8-16(17)14-18(22)21(13-11-20)12-10-15-6-2-1-3-7-15/h1-9H,10-14,20H2. The summed E-state index contributed by atoms with van der Waals surface area (Å²) in [5.41, 5.74) is 7.19. The molecule has 22 heavy (non-hydrogen) atoms. The van der Waals surface area contributed by atoms with Crippen molar-refractivity contribution in [3.63, 3.8) is 0 Å². The molecule has 1 amide bonds. The van der Waals surface area contributed by atoms with E-state index in [2.05, 4.69) is 0 Å². The third kappa shape index (κ3) is 4.67. The van der Waals surface area contributed by atoms with Crippen LogP contribution in [0.2, 0.25) is 0 Å². The molecular weight excluding hydrogens is 279 g/mol. The first-order valence-electron chi connectivity index (χ1n) is 7.46. The number of rotatable bonds is 7. The Balaban J connectivity index is 1.97. The van der Waals surface area contributed by atoms with E-state index in [0.29, 0.717) is 25.2 Å². The maximum absolute atomic E-state index is 13.7. The van der Waals surface area contributed by atoms with Crippen molar-refractivity contribution >= 4 is 5.91 Å². The molecule has 0 fully saturated rings. The first-order chi connectivity index (χ1) is 10.7. The van der Waals surface area contributed by atoms with Crippen molar-refractivity contribution in [1.29, 1.82) is 0 Å². The fourth-order valence-electron chi connectivity index (χ4n) is 2.34. The van der Waals surface area contributed by atoms with Gasteiger partial charge in [0.15, 0.2) is 0 Å². The number of nitrogens with two attached hydrogens (primary N) is 1. The zero-order chi connectivity index (χ0) is 15.8. The molecule has 0 radical (unpaired) electrons. The fourth-order valence-corrected chi connectivity index (χ4v) is 2.34. The van der Waals surface area contributed by atoms with Gasteiger partial charge in [0, 0.05) is 19.6 Å².